The van der Waals surface area contributed by atoms with Gasteiger partial charge in [-0.1, -0.05) is 30.3 Å². The van der Waals surface area contributed by atoms with Crippen LogP contribution >= 0.6 is 0 Å². The van der Waals surface area contributed by atoms with E-state index in [1.807, 2.05) is 44.2 Å². The number of benzene rings is 2. The van der Waals surface area contributed by atoms with Gasteiger partial charge in [0.15, 0.2) is 5.78 Å². The van der Waals surface area contributed by atoms with Gasteiger partial charge in [0.2, 0.25) is 0 Å². The number of rotatable bonds is 4. The minimum Gasteiger partial charge on any atom is -0.507 e. The Morgan fingerprint density at radius 1 is 1.24 bits per heavy atom. The topological polar surface area (TPSA) is 68.3 Å². The Kier molecular flexibility index (Phi) is 3.69. The summed E-state index contributed by atoms with van der Waals surface area (Å²) in [6.45, 7) is 4.39. The lowest BCUT2D eigenvalue weighted by atomic mass is 9.95. The Hall–Kier alpha value is -2.53. The van der Waals surface area contributed by atoms with Gasteiger partial charge in [-0.25, -0.2) is 0 Å². The number of hydrogen-bond donors (Lipinski definition) is 1. The van der Waals surface area contributed by atoms with Crippen LogP contribution in [0.3, 0.4) is 0 Å². The zero-order chi connectivity index (χ0) is 17.6. The van der Waals surface area contributed by atoms with E-state index in [2.05, 4.69) is 0 Å². The first-order valence-electron chi connectivity index (χ1n) is 8.36. The molecule has 2 aliphatic rings. The van der Waals surface area contributed by atoms with Crippen molar-refractivity contribution in [2.45, 2.75) is 38.1 Å². The Morgan fingerprint density at radius 2 is 1.96 bits per heavy atom. The molecule has 2 heterocycles. The standard InChI is InChI=1S/C20H20O5/c1-20(2)18(25-20)11-23-13-8-14(21)19-15(22)10-16(24-17(19)9-13)12-6-4-3-5-7-12/h3-9,16,18,21H,10-11H2,1-2H3/t16-,18+/m0/s1. The molecule has 4 rings (SSSR count). The fourth-order valence-electron chi connectivity index (χ4n) is 3.09. The Balaban J connectivity index is 1.57. The monoisotopic (exact) mass is 340 g/mol. The first kappa shape index (κ1) is 16.0. The van der Waals surface area contributed by atoms with Crippen molar-refractivity contribution in [3.63, 3.8) is 0 Å². The molecular formula is C20H20O5. The maximum absolute atomic E-state index is 12.5. The van der Waals surface area contributed by atoms with Crippen molar-refractivity contribution >= 4 is 5.78 Å². The summed E-state index contributed by atoms with van der Waals surface area (Å²) in [6, 6.07) is 12.7. The van der Waals surface area contributed by atoms with Gasteiger partial charge in [0.25, 0.3) is 0 Å². The fraction of sp³-hybridized carbons (Fsp3) is 0.350. The summed E-state index contributed by atoms with van der Waals surface area (Å²) in [7, 11) is 0. The van der Waals surface area contributed by atoms with Crippen LogP contribution in [0.2, 0.25) is 0 Å². The molecule has 5 nitrogen and oxygen atoms in total. The molecule has 130 valence electrons. The SMILES string of the molecule is CC1(C)O[C@@H]1COc1cc(O)c2c(c1)O[C@H](c1ccccc1)CC2=O. The average molecular weight is 340 g/mol. The maximum Gasteiger partial charge on any atom is 0.174 e. The second kappa shape index (κ2) is 5.77. The molecule has 0 spiro atoms. The fourth-order valence-corrected chi connectivity index (χ4v) is 3.09. The van der Waals surface area contributed by atoms with E-state index < -0.39 is 0 Å². The highest BCUT2D eigenvalue weighted by molar-refractivity contribution is 6.02. The van der Waals surface area contributed by atoms with Crippen LogP contribution in [0.15, 0.2) is 42.5 Å². The molecule has 2 aromatic rings. The molecule has 1 fully saturated rings. The lowest BCUT2D eigenvalue weighted by Crippen LogP contribution is -2.20. The third-order valence-electron chi connectivity index (χ3n) is 4.71. The minimum atomic E-state index is -0.360. The normalized spacial score (nSPS) is 23.5. The van der Waals surface area contributed by atoms with Crippen LogP contribution in [0.25, 0.3) is 0 Å². The van der Waals surface area contributed by atoms with E-state index in [0.29, 0.717) is 18.1 Å². The van der Waals surface area contributed by atoms with E-state index in [9.17, 15) is 9.90 Å². The largest absolute Gasteiger partial charge is 0.507 e. The number of aromatic hydroxyl groups is 1. The number of ether oxygens (including phenoxy) is 3. The van der Waals surface area contributed by atoms with Crippen molar-refractivity contribution in [1.29, 1.82) is 0 Å². The number of phenolic OH excluding ortho intramolecular Hbond substituents is 1. The zero-order valence-corrected chi connectivity index (χ0v) is 14.2. The summed E-state index contributed by atoms with van der Waals surface area (Å²) < 4.78 is 17.2. The second-order valence-electron chi connectivity index (χ2n) is 6.98. The predicted octanol–water partition coefficient (Wildman–Crippen LogP) is 3.65. The van der Waals surface area contributed by atoms with Crippen LogP contribution in [0.1, 0.15) is 42.3 Å². The zero-order valence-electron chi connectivity index (χ0n) is 14.2. The number of phenols is 1. The minimum absolute atomic E-state index is 0.0327. The number of carbonyl (C=O) groups is 1. The molecule has 0 aliphatic carbocycles. The van der Waals surface area contributed by atoms with Crippen LogP contribution < -0.4 is 9.47 Å². The Bertz CT molecular complexity index is 812. The van der Waals surface area contributed by atoms with E-state index in [1.165, 1.54) is 6.07 Å². The third-order valence-corrected chi connectivity index (χ3v) is 4.71. The van der Waals surface area contributed by atoms with Crippen molar-refractivity contribution in [3.05, 3.63) is 53.6 Å². The Morgan fingerprint density at radius 3 is 2.64 bits per heavy atom. The summed E-state index contributed by atoms with van der Waals surface area (Å²) in [5.74, 6) is 0.575. The first-order chi connectivity index (χ1) is 11.9. The van der Waals surface area contributed by atoms with Crippen LogP contribution in [-0.2, 0) is 4.74 Å². The van der Waals surface area contributed by atoms with Gasteiger partial charge in [-0.3, -0.25) is 4.79 Å². The van der Waals surface area contributed by atoms with Crippen LogP contribution in [-0.4, -0.2) is 29.2 Å². The van der Waals surface area contributed by atoms with Gasteiger partial charge in [-0.05, 0) is 19.4 Å². The molecule has 0 bridgehead atoms. The van der Waals surface area contributed by atoms with Gasteiger partial charge in [-0.2, -0.15) is 0 Å². The highest BCUT2D eigenvalue weighted by Crippen LogP contribution is 2.42. The number of carbonyl (C=O) groups excluding carboxylic acids is 1. The van der Waals surface area contributed by atoms with Crippen LogP contribution in [0.5, 0.6) is 17.2 Å². The second-order valence-corrected chi connectivity index (χ2v) is 6.98. The van der Waals surface area contributed by atoms with Crippen molar-refractivity contribution in [2.24, 2.45) is 0 Å². The molecule has 0 unspecified atom stereocenters. The molecule has 2 aliphatic heterocycles. The van der Waals surface area contributed by atoms with Gasteiger partial charge < -0.3 is 19.3 Å². The number of epoxide rings is 1. The van der Waals surface area contributed by atoms with Crippen molar-refractivity contribution in [1.82, 2.24) is 0 Å². The molecule has 0 aromatic heterocycles. The van der Waals surface area contributed by atoms with Gasteiger partial charge in [0.1, 0.15) is 41.6 Å². The van der Waals surface area contributed by atoms with E-state index in [-0.39, 0.29) is 41.3 Å². The molecule has 1 saturated heterocycles. The van der Waals surface area contributed by atoms with Crippen molar-refractivity contribution in [2.75, 3.05) is 6.61 Å². The van der Waals surface area contributed by atoms with Gasteiger partial charge in [-0.15, -0.1) is 0 Å². The van der Waals surface area contributed by atoms with Gasteiger partial charge >= 0.3 is 0 Å². The molecule has 0 radical (unpaired) electrons. The highest BCUT2D eigenvalue weighted by atomic mass is 16.6. The summed E-state index contributed by atoms with van der Waals surface area (Å²) in [5, 5.41) is 10.2. The molecule has 25 heavy (non-hydrogen) atoms. The predicted molar refractivity (Wildman–Crippen MR) is 91.3 cm³/mol. The molecule has 2 aromatic carbocycles. The van der Waals surface area contributed by atoms with Crippen LogP contribution in [0.4, 0.5) is 0 Å². The number of hydrogen-bond acceptors (Lipinski definition) is 5. The summed E-state index contributed by atoms with van der Waals surface area (Å²) in [4.78, 5) is 12.5. The van der Waals surface area contributed by atoms with Gasteiger partial charge in [0.05, 0.1) is 12.0 Å². The van der Waals surface area contributed by atoms with Crippen LogP contribution in [0, 0.1) is 0 Å². The summed E-state index contributed by atoms with van der Waals surface area (Å²) >= 11 is 0. The molecule has 0 amide bonds. The van der Waals surface area contributed by atoms with Crippen molar-refractivity contribution < 1.29 is 24.1 Å². The van der Waals surface area contributed by atoms with E-state index in [4.69, 9.17) is 14.2 Å². The molecule has 1 N–H and O–H groups in total. The summed E-state index contributed by atoms with van der Waals surface area (Å²) in [5.41, 5.74) is 0.990. The molecule has 5 heteroatoms. The van der Waals surface area contributed by atoms with Gasteiger partial charge in [0, 0.05) is 12.1 Å². The average Bonchev–Trinajstić information content (AvgIpc) is 3.20. The lowest BCUT2D eigenvalue weighted by molar-refractivity contribution is 0.0844. The number of fused-ring (bicyclic) bond motifs is 1. The quantitative estimate of drug-likeness (QED) is 0.861. The first-order valence-corrected chi connectivity index (χ1v) is 8.36. The smallest absolute Gasteiger partial charge is 0.174 e. The maximum atomic E-state index is 12.5. The molecule has 0 saturated carbocycles. The third kappa shape index (κ3) is 3.07. The lowest BCUT2D eigenvalue weighted by Gasteiger charge is -2.26. The molecular weight excluding hydrogens is 320 g/mol. The Labute approximate surface area is 146 Å². The van der Waals surface area contributed by atoms with Crippen molar-refractivity contribution in [3.8, 4) is 17.2 Å². The summed E-state index contributed by atoms with van der Waals surface area (Å²) in [6.07, 6.45) is -0.124. The number of Topliss-reactive ketones (excluding diaryl/α,β-unsaturated/α-hetero) is 1. The highest BCUT2D eigenvalue weighted by Gasteiger charge is 2.48. The van der Waals surface area contributed by atoms with E-state index in [0.717, 1.165) is 5.56 Å². The van der Waals surface area contributed by atoms with E-state index >= 15 is 0 Å². The molecule has 2 atom stereocenters. The number of ketones is 1. The van der Waals surface area contributed by atoms with E-state index in [1.54, 1.807) is 6.07 Å².